The number of carbonyl (C=O) groups excluding carboxylic acids is 3. The van der Waals surface area contributed by atoms with E-state index in [1.807, 2.05) is 0 Å². The summed E-state index contributed by atoms with van der Waals surface area (Å²) in [5.41, 5.74) is 5.83. The number of halogens is 3. The van der Waals surface area contributed by atoms with E-state index in [0.717, 1.165) is 19.3 Å². The molecule has 0 spiro atoms. The first-order valence-corrected chi connectivity index (χ1v) is 13.1. The topological polar surface area (TPSA) is 145 Å². The highest BCUT2D eigenvalue weighted by molar-refractivity contribution is 6.31. The van der Waals surface area contributed by atoms with Gasteiger partial charge in [-0.25, -0.2) is 4.79 Å². The molecule has 0 unspecified atom stereocenters. The molecule has 0 heterocycles. The molecule has 6 aliphatic carbocycles. The Morgan fingerprint density at radius 2 is 1.23 bits per heavy atom. The lowest BCUT2D eigenvalue weighted by Gasteiger charge is -2.68. The normalized spacial score (nSPS) is 29.2. The van der Waals surface area contributed by atoms with E-state index in [4.69, 9.17) is 38.8 Å². The van der Waals surface area contributed by atoms with Crippen molar-refractivity contribution in [1.29, 1.82) is 0 Å². The third-order valence-corrected chi connectivity index (χ3v) is 8.35. The van der Waals surface area contributed by atoms with Crippen LogP contribution in [0.2, 0.25) is 10.0 Å². The van der Waals surface area contributed by atoms with Crippen LogP contribution in [-0.2, 0) is 19.1 Å². The molecule has 40 heavy (non-hydrogen) atoms. The first-order chi connectivity index (χ1) is 18.3. The number of hydrogen-bond acceptors (Lipinski definition) is 7. The van der Waals surface area contributed by atoms with Gasteiger partial charge in [-0.2, -0.15) is 0 Å². The monoisotopic (exact) mass is 612 g/mol. The Hall–Kier alpha value is -2.85. The standard InChI is InChI=1S/C14H14ClNO3.C7H5ClO2.C7H11NO2.ClH/c1-19-12(18)13-6-14(7-13,8-13)16-11(17)9-3-2-4-10(15)5-9;8-6-3-1-2-5(4-6)7(9)10;1-10-5(9)6-2-7(8,3-6)4-6;/h2-5H,6-8H2,1H3,(H,16,17);1-4H,(H,9,10);2-4,8H2,1H3;1H. The zero-order chi connectivity index (χ0) is 28.6. The number of nitrogens with one attached hydrogen (secondary N) is 1. The Bertz CT molecular complexity index is 1290. The molecule has 0 aromatic heterocycles. The van der Waals surface area contributed by atoms with Crippen LogP contribution in [-0.4, -0.2) is 54.2 Å². The summed E-state index contributed by atoms with van der Waals surface area (Å²) in [5, 5.41) is 12.4. The smallest absolute Gasteiger partial charge is 0.335 e. The van der Waals surface area contributed by atoms with Crippen molar-refractivity contribution in [3.63, 3.8) is 0 Å². The molecule has 4 N–H and O–H groups in total. The number of nitrogens with two attached hydrogens (primary N) is 1. The Morgan fingerprint density at radius 3 is 1.60 bits per heavy atom. The number of ether oxygens (including phenoxy) is 2. The maximum Gasteiger partial charge on any atom is 0.335 e. The van der Waals surface area contributed by atoms with Gasteiger partial charge in [-0.3, -0.25) is 14.4 Å². The quantitative estimate of drug-likeness (QED) is 0.413. The summed E-state index contributed by atoms with van der Waals surface area (Å²) in [5.74, 6) is -1.32. The number of hydrogen-bond donors (Lipinski definition) is 3. The molecule has 2 aromatic carbocycles. The molecule has 0 aliphatic heterocycles. The number of aromatic carboxylic acids is 1. The average molecular weight is 614 g/mol. The largest absolute Gasteiger partial charge is 0.478 e. The second-order valence-corrected chi connectivity index (χ2v) is 11.9. The summed E-state index contributed by atoms with van der Waals surface area (Å²) < 4.78 is 9.42. The second kappa shape index (κ2) is 11.6. The molecule has 6 saturated carbocycles. The van der Waals surface area contributed by atoms with Gasteiger partial charge in [0, 0.05) is 26.7 Å². The second-order valence-electron chi connectivity index (χ2n) is 11.0. The SMILES string of the molecule is COC(=O)C12CC(N)(C1)C2.COC(=O)C12CC(NC(=O)c3cccc(Cl)c3)(C1)C2.Cl.O=C(O)c1cccc(Cl)c1. The molecule has 6 aliphatic rings. The highest BCUT2D eigenvalue weighted by Gasteiger charge is 2.73. The van der Waals surface area contributed by atoms with E-state index in [1.54, 1.807) is 36.4 Å². The maximum atomic E-state index is 12.1. The van der Waals surface area contributed by atoms with Gasteiger partial charge in [0.15, 0.2) is 0 Å². The third kappa shape index (κ3) is 6.07. The minimum Gasteiger partial charge on any atom is -0.478 e. The minimum absolute atomic E-state index is 0. The lowest BCUT2D eigenvalue weighted by Crippen LogP contribution is -2.77. The van der Waals surface area contributed by atoms with Crippen LogP contribution in [0, 0.1) is 10.8 Å². The highest BCUT2D eigenvalue weighted by atomic mass is 35.5. The van der Waals surface area contributed by atoms with Crippen LogP contribution in [0.25, 0.3) is 0 Å². The summed E-state index contributed by atoms with van der Waals surface area (Å²) in [6.07, 6.45) is 4.56. The van der Waals surface area contributed by atoms with E-state index in [0.29, 0.717) is 34.9 Å². The van der Waals surface area contributed by atoms with Crippen molar-refractivity contribution in [2.75, 3.05) is 14.2 Å². The number of methoxy groups -OCH3 is 2. The van der Waals surface area contributed by atoms with E-state index in [2.05, 4.69) is 10.1 Å². The van der Waals surface area contributed by atoms with Gasteiger partial charge in [0.25, 0.3) is 5.91 Å². The van der Waals surface area contributed by atoms with Crippen molar-refractivity contribution in [1.82, 2.24) is 5.32 Å². The summed E-state index contributed by atoms with van der Waals surface area (Å²) in [4.78, 5) is 44.9. The first-order valence-electron chi connectivity index (χ1n) is 12.3. The number of esters is 2. The number of carbonyl (C=O) groups is 4. The van der Waals surface area contributed by atoms with Crippen molar-refractivity contribution in [3.05, 3.63) is 69.7 Å². The molecule has 216 valence electrons. The van der Waals surface area contributed by atoms with Crippen molar-refractivity contribution >= 4 is 59.4 Å². The molecule has 6 fully saturated rings. The van der Waals surface area contributed by atoms with Crippen molar-refractivity contribution in [2.45, 2.75) is 49.6 Å². The molecular formula is C28H31Cl3N2O7. The van der Waals surface area contributed by atoms with Gasteiger partial charge in [-0.05, 0) is 74.9 Å². The summed E-state index contributed by atoms with van der Waals surface area (Å²) in [6.45, 7) is 0. The summed E-state index contributed by atoms with van der Waals surface area (Å²) in [6, 6.07) is 13.0. The molecule has 4 bridgehead atoms. The number of carboxylic acid groups (broad SMARTS) is 1. The van der Waals surface area contributed by atoms with Crippen LogP contribution in [0.1, 0.15) is 59.2 Å². The van der Waals surface area contributed by atoms with Gasteiger partial charge in [0.1, 0.15) is 0 Å². The van der Waals surface area contributed by atoms with Gasteiger partial charge in [-0.15, -0.1) is 12.4 Å². The Morgan fingerprint density at radius 1 is 0.800 bits per heavy atom. The maximum absolute atomic E-state index is 12.1. The molecule has 2 aromatic rings. The Kier molecular flexibility index (Phi) is 9.16. The number of amides is 1. The van der Waals surface area contributed by atoms with Crippen molar-refractivity contribution in [3.8, 4) is 0 Å². The molecule has 8 rings (SSSR count). The van der Waals surface area contributed by atoms with E-state index < -0.39 is 5.97 Å². The number of benzene rings is 2. The van der Waals surface area contributed by atoms with Gasteiger partial charge in [-0.1, -0.05) is 35.3 Å². The van der Waals surface area contributed by atoms with Gasteiger partial charge >= 0.3 is 17.9 Å². The number of carboxylic acids is 1. The zero-order valence-electron chi connectivity index (χ0n) is 22.0. The average Bonchev–Trinajstić information content (AvgIpc) is 2.82. The van der Waals surface area contributed by atoms with Crippen LogP contribution in [0.3, 0.4) is 0 Å². The fourth-order valence-corrected chi connectivity index (χ4v) is 6.60. The fourth-order valence-electron chi connectivity index (χ4n) is 6.22. The number of rotatable bonds is 5. The fraction of sp³-hybridized carbons (Fsp3) is 0.429. The molecule has 0 atom stereocenters. The third-order valence-electron chi connectivity index (χ3n) is 7.88. The molecule has 1 amide bonds. The lowest BCUT2D eigenvalue weighted by atomic mass is 9.39. The van der Waals surface area contributed by atoms with Crippen LogP contribution in [0.15, 0.2) is 48.5 Å². The van der Waals surface area contributed by atoms with Crippen LogP contribution in [0.5, 0.6) is 0 Å². The molecule has 0 radical (unpaired) electrons. The van der Waals surface area contributed by atoms with Gasteiger partial charge in [0.05, 0.1) is 30.6 Å². The molecule has 0 saturated heterocycles. The van der Waals surface area contributed by atoms with E-state index in [-0.39, 0.29) is 57.7 Å². The highest BCUT2D eigenvalue weighted by Crippen LogP contribution is 2.68. The van der Waals surface area contributed by atoms with Gasteiger partial charge in [0.2, 0.25) is 0 Å². The summed E-state index contributed by atoms with van der Waals surface area (Å²) in [7, 11) is 2.84. The van der Waals surface area contributed by atoms with Crippen LogP contribution < -0.4 is 11.1 Å². The molecule has 9 nitrogen and oxygen atoms in total. The zero-order valence-corrected chi connectivity index (χ0v) is 24.3. The summed E-state index contributed by atoms with van der Waals surface area (Å²) >= 11 is 11.4. The van der Waals surface area contributed by atoms with Crippen LogP contribution >= 0.6 is 35.6 Å². The predicted molar refractivity (Wildman–Crippen MR) is 151 cm³/mol. The minimum atomic E-state index is -0.956. The van der Waals surface area contributed by atoms with E-state index >= 15 is 0 Å². The van der Waals surface area contributed by atoms with Crippen LogP contribution in [0.4, 0.5) is 0 Å². The molecule has 12 heteroatoms. The van der Waals surface area contributed by atoms with E-state index in [9.17, 15) is 19.2 Å². The van der Waals surface area contributed by atoms with Crippen molar-refractivity contribution in [2.24, 2.45) is 16.6 Å². The molecular weight excluding hydrogens is 583 g/mol. The Balaban J connectivity index is 0.000000178. The van der Waals surface area contributed by atoms with Gasteiger partial charge < -0.3 is 25.6 Å². The van der Waals surface area contributed by atoms with E-state index in [1.165, 1.54) is 26.4 Å². The van der Waals surface area contributed by atoms with Crippen molar-refractivity contribution < 1.29 is 33.8 Å². The lowest BCUT2D eigenvalue weighted by molar-refractivity contribution is -0.199. The predicted octanol–water partition coefficient (Wildman–Crippen LogP) is 4.67. The Labute approximate surface area is 248 Å². The first kappa shape index (κ1) is 31.7.